The number of aliphatic hydroxyl groups excluding tert-OH is 3. The fraction of sp³-hybridized carbons (Fsp3) is 0.241. The molecule has 15 heteroatoms. The Morgan fingerprint density at radius 1 is 1.05 bits per heavy atom. The van der Waals surface area contributed by atoms with Gasteiger partial charge in [0.15, 0.2) is 6.10 Å². The van der Waals surface area contributed by atoms with Crippen LogP contribution in [0, 0.1) is 5.82 Å². The van der Waals surface area contributed by atoms with Gasteiger partial charge < -0.3 is 35.7 Å². The maximum absolute atomic E-state index is 15.0. The molecule has 0 amide bonds. The molecule has 1 fully saturated rings. The average molecular weight is 612 g/mol. The van der Waals surface area contributed by atoms with Crippen LogP contribution in [0.15, 0.2) is 78.3 Å². The number of rotatable bonds is 7. The van der Waals surface area contributed by atoms with Crippen molar-refractivity contribution >= 4 is 11.8 Å². The van der Waals surface area contributed by atoms with Gasteiger partial charge in [-0.15, -0.1) is 0 Å². The van der Waals surface area contributed by atoms with Gasteiger partial charge in [0, 0.05) is 17.3 Å². The monoisotopic (exact) mass is 611 g/mol. The summed E-state index contributed by atoms with van der Waals surface area (Å²) in [5.74, 6) is -2.36. The van der Waals surface area contributed by atoms with Crippen molar-refractivity contribution in [3.8, 4) is 11.3 Å². The fourth-order valence-electron chi connectivity index (χ4n) is 5.51. The third-order valence-corrected chi connectivity index (χ3v) is 7.58. The normalized spacial score (nSPS) is 26.3. The SMILES string of the molecule is NC1=NC(c2cccc(-c3cncn3O[C@@H]3O[C@H](C(=O)O)[C@@H](O)[C@H](O)[C@H]3O)c2)(c2ccnc(C(F)F)c2)c2cccc(F)c21. The van der Waals surface area contributed by atoms with Gasteiger partial charge >= 0.3 is 5.97 Å². The Bertz CT molecular complexity index is 1770. The van der Waals surface area contributed by atoms with Crippen molar-refractivity contribution in [2.75, 3.05) is 0 Å². The predicted octanol–water partition coefficient (Wildman–Crippen LogP) is 1.35. The van der Waals surface area contributed by atoms with E-state index in [1.807, 2.05) is 0 Å². The van der Waals surface area contributed by atoms with Crippen LogP contribution in [0.25, 0.3) is 11.3 Å². The van der Waals surface area contributed by atoms with Crippen LogP contribution in [0.3, 0.4) is 0 Å². The zero-order chi connectivity index (χ0) is 31.3. The number of ether oxygens (including phenoxy) is 1. The third-order valence-electron chi connectivity index (χ3n) is 7.58. The van der Waals surface area contributed by atoms with Crippen LogP contribution in [0.5, 0.6) is 0 Å². The van der Waals surface area contributed by atoms with Crippen molar-refractivity contribution in [1.29, 1.82) is 0 Å². The molecule has 44 heavy (non-hydrogen) atoms. The Kier molecular flexibility index (Phi) is 7.33. The van der Waals surface area contributed by atoms with Crippen molar-refractivity contribution in [3.63, 3.8) is 0 Å². The maximum Gasteiger partial charge on any atom is 0.335 e. The van der Waals surface area contributed by atoms with Gasteiger partial charge in [-0.3, -0.25) is 4.98 Å². The molecule has 2 aliphatic heterocycles. The number of fused-ring (bicyclic) bond motifs is 1. The summed E-state index contributed by atoms with van der Waals surface area (Å²) < 4.78 is 48.8. The smallest absolute Gasteiger partial charge is 0.335 e. The highest BCUT2D eigenvalue weighted by Crippen LogP contribution is 2.47. The van der Waals surface area contributed by atoms with Gasteiger partial charge in [0.2, 0.25) is 0 Å². The number of hydrogen-bond donors (Lipinski definition) is 5. The number of benzene rings is 2. The Hall–Kier alpha value is -4.83. The first-order valence-corrected chi connectivity index (χ1v) is 13.1. The molecule has 6 rings (SSSR count). The van der Waals surface area contributed by atoms with Gasteiger partial charge in [-0.25, -0.2) is 27.9 Å². The summed E-state index contributed by atoms with van der Waals surface area (Å²) in [6, 6.07) is 13.5. The minimum absolute atomic E-state index is 0.0267. The van der Waals surface area contributed by atoms with Crippen LogP contribution in [0.1, 0.15) is 34.4 Å². The molecule has 0 radical (unpaired) electrons. The Morgan fingerprint density at radius 2 is 1.80 bits per heavy atom. The highest BCUT2D eigenvalue weighted by molar-refractivity contribution is 6.03. The Labute approximate surface area is 246 Å². The maximum atomic E-state index is 15.0. The second kappa shape index (κ2) is 11.0. The molecule has 6 atom stereocenters. The molecule has 228 valence electrons. The number of aliphatic hydroxyl groups is 3. The van der Waals surface area contributed by atoms with Crippen LogP contribution in [-0.2, 0) is 15.1 Å². The zero-order valence-electron chi connectivity index (χ0n) is 22.4. The minimum atomic E-state index is -2.89. The molecular weight excluding hydrogens is 587 g/mol. The van der Waals surface area contributed by atoms with E-state index in [4.69, 9.17) is 15.3 Å². The molecule has 2 aromatic carbocycles. The van der Waals surface area contributed by atoms with E-state index in [-0.39, 0.29) is 22.7 Å². The molecule has 0 bridgehead atoms. The lowest BCUT2D eigenvalue weighted by Gasteiger charge is -2.38. The summed E-state index contributed by atoms with van der Waals surface area (Å²) in [7, 11) is 0. The number of hydrogen-bond acceptors (Lipinski definition) is 10. The van der Waals surface area contributed by atoms with Crippen LogP contribution in [-0.4, -0.2) is 77.6 Å². The van der Waals surface area contributed by atoms with E-state index >= 15 is 4.39 Å². The lowest BCUT2D eigenvalue weighted by Crippen LogP contribution is -2.62. The minimum Gasteiger partial charge on any atom is -0.479 e. The summed E-state index contributed by atoms with van der Waals surface area (Å²) in [4.78, 5) is 29.6. The Morgan fingerprint density at radius 3 is 2.55 bits per heavy atom. The number of aliphatic imine (C=N–C) groups is 1. The number of imidazole rings is 1. The first-order valence-electron chi connectivity index (χ1n) is 13.1. The van der Waals surface area contributed by atoms with E-state index < -0.39 is 60.2 Å². The molecule has 4 heterocycles. The van der Waals surface area contributed by atoms with E-state index in [9.17, 15) is 34.0 Å². The molecule has 12 nitrogen and oxygen atoms in total. The van der Waals surface area contributed by atoms with Gasteiger partial charge in [0.1, 0.15) is 53.2 Å². The van der Waals surface area contributed by atoms with Crippen molar-refractivity contribution < 1.29 is 48.0 Å². The first kappa shape index (κ1) is 29.3. The third kappa shape index (κ3) is 4.66. The van der Waals surface area contributed by atoms with Gasteiger partial charge in [0.05, 0.1) is 11.8 Å². The van der Waals surface area contributed by atoms with E-state index in [0.717, 1.165) is 4.73 Å². The quantitative estimate of drug-likeness (QED) is 0.204. The summed E-state index contributed by atoms with van der Waals surface area (Å²) >= 11 is 0. The molecule has 2 aliphatic rings. The largest absolute Gasteiger partial charge is 0.479 e. The first-order chi connectivity index (χ1) is 21.0. The van der Waals surface area contributed by atoms with Crippen LogP contribution >= 0.6 is 0 Å². The molecule has 6 N–H and O–H groups in total. The van der Waals surface area contributed by atoms with E-state index in [1.54, 1.807) is 30.3 Å². The number of alkyl halides is 2. The van der Waals surface area contributed by atoms with Gasteiger partial charge in [0.25, 0.3) is 12.7 Å². The number of carbonyl (C=O) groups is 1. The second-order valence-corrected chi connectivity index (χ2v) is 10.2. The molecular formula is C29H24F3N5O7. The molecule has 2 aromatic heterocycles. The summed E-state index contributed by atoms with van der Waals surface area (Å²) in [5.41, 5.74) is 5.81. The van der Waals surface area contributed by atoms with Crippen LogP contribution in [0.2, 0.25) is 0 Å². The van der Waals surface area contributed by atoms with Crippen LogP contribution in [0.4, 0.5) is 13.2 Å². The number of pyridine rings is 1. The molecule has 1 unspecified atom stereocenters. The zero-order valence-corrected chi connectivity index (χ0v) is 22.4. The standard InChI is InChI=1S/C29H24F3N5O7/c30-17-6-2-5-16-20(17)26(33)36-29(16,15-7-8-35-18(10-15)25(31)32)14-4-1-3-13(9-14)19-11-34-12-37(19)44-28-23(40)21(38)22(39)24(43-28)27(41)42/h1-12,21-25,28,38-40H,(H2,33,36)(H,41,42)/t21-,22-,23+,24-,28-,29?/m0/s1. The number of carboxylic acids is 1. The molecule has 0 aliphatic carbocycles. The van der Waals surface area contributed by atoms with E-state index in [2.05, 4.69) is 15.0 Å². The number of nitrogens with two attached hydrogens (primary N) is 1. The summed E-state index contributed by atoms with van der Waals surface area (Å²) in [6.45, 7) is 0. The topological polar surface area (TPSA) is 186 Å². The number of halogens is 3. The summed E-state index contributed by atoms with van der Waals surface area (Å²) in [5, 5.41) is 39.9. The van der Waals surface area contributed by atoms with E-state index in [0.29, 0.717) is 16.7 Å². The second-order valence-electron chi connectivity index (χ2n) is 10.2. The molecule has 4 aromatic rings. The molecule has 1 saturated heterocycles. The van der Waals surface area contributed by atoms with Crippen molar-refractivity contribution in [2.24, 2.45) is 10.7 Å². The van der Waals surface area contributed by atoms with Crippen LogP contribution < -0.4 is 10.6 Å². The van der Waals surface area contributed by atoms with Gasteiger partial charge in [-0.2, -0.15) is 4.73 Å². The Balaban J connectivity index is 1.45. The number of carboxylic acid groups (broad SMARTS) is 1. The lowest BCUT2D eigenvalue weighted by atomic mass is 9.77. The molecule has 0 saturated carbocycles. The van der Waals surface area contributed by atoms with Crippen molar-refractivity contribution in [1.82, 2.24) is 14.7 Å². The highest BCUT2D eigenvalue weighted by Gasteiger charge is 2.49. The van der Waals surface area contributed by atoms with Gasteiger partial charge in [-0.1, -0.05) is 30.3 Å². The number of nitrogens with zero attached hydrogens (tertiary/aromatic N) is 4. The predicted molar refractivity (Wildman–Crippen MR) is 145 cm³/mol. The highest BCUT2D eigenvalue weighted by atomic mass is 19.3. The lowest BCUT2D eigenvalue weighted by molar-refractivity contribution is -0.293. The number of aromatic nitrogens is 3. The average Bonchev–Trinajstić information content (AvgIpc) is 3.60. The number of amidine groups is 1. The molecule has 0 spiro atoms. The fourth-order valence-corrected chi connectivity index (χ4v) is 5.51. The number of aliphatic carboxylic acids is 1. The van der Waals surface area contributed by atoms with Crippen molar-refractivity contribution in [2.45, 2.75) is 42.7 Å². The van der Waals surface area contributed by atoms with E-state index in [1.165, 1.54) is 43.0 Å². The van der Waals surface area contributed by atoms with Gasteiger partial charge in [-0.05, 0) is 35.4 Å². The summed E-state index contributed by atoms with van der Waals surface area (Å²) in [6.07, 6.45) is -8.37. The van der Waals surface area contributed by atoms with Crippen molar-refractivity contribution in [3.05, 3.63) is 107 Å².